The number of benzene rings is 1. The molecule has 152 valence electrons. The van der Waals surface area contributed by atoms with Crippen molar-refractivity contribution in [1.82, 2.24) is 9.80 Å². The lowest BCUT2D eigenvalue weighted by molar-refractivity contribution is -0.0237. The fourth-order valence-corrected chi connectivity index (χ4v) is 5.03. The van der Waals surface area contributed by atoms with Gasteiger partial charge in [-0.2, -0.15) is 0 Å². The van der Waals surface area contributed by atoms with Crippen LogP contribution < -0.4 is 0 Å². The molecule has 0 bridgehead atoms. The van der Waals surface area contributed by atoms with Crippen LogP contribution in [-0.4, -0.2) is 65.9 Å². The van der Waals surface area contributed by atoms with Crippen molar-refractivity contribution in [2.24, 2.45) is 0 Å². The molecule has 1 spiro atoms. The number of carbonyl (C=O) groups is 1. The molecule has 1 aliphatic carbocycles. The monoisotopic (exact) mass is 384 g/mol. The van der Waals surface area contributed by atoms with Crippen LogP contribution in [0.4, 0.5) is 4.79 Å². The first-order valence-electron chi connectivity index (χ1n) is 10.8. The fourth-order valence-electron chi connectivity index (χ4n) is 5.03. The quantitative estimate of drug-likeness (QED) is 0.808. The number of aliphatic hydroxyl groups excluding tert-OH is 1. The Kier molecular flexibility index (Phi) is 5.74. The number of likely N-dealkylation sites (tertiary alicyclic amines) is 2. The van der Waals surface area contributed by atoms with Crippen LogP contribution in [0.3, 0.4) is 0 Å². The van der Waals surface area contributed by atoms with Crippen LogP contribution in [0.2, 0.25) is 0 Å². The van der Waals surface area contributed by atoms with E-state index in [1.807, 2.05) is 0 Å². The van der Waals surface area contributed by atoms with Crippen LogP contribution in [0.15, 0.2) is 30.3 Å². The zero-order chi connectivity index (χ0) is 19.6. The van der Waals surface area contributed by atoms with Crippen molar-refractivity contribution in [3.8, 4) is 0 Å². The molecule has 1 aromatic carbocycles. The molecule has 5 heteroatoms. The van der Waals surface area contributed by atoms with Gasteiger partial charge in [-0.3, -0.25) is 4.90 Å². The topological polar surface area (TPSA) is 53.0 Å². The predicted molar refractivity (Wildman–Crippen MR) is 110 cm³/mol. The Labute approximate surface area is 168 Å². The van der Waals surface area contributed by atoms with E-state index in [4.69, 9.17) is 4.74 Å². The second kappa shape index (κ2) is 8.26. The van der Waals surface area contributed by atoms with Gasteiger partial charge in [-0.05, 0) is 49.9 Å². The summed E-state index contributed by atoms with van der Waals surface area (Å²) in [6, 6.07) is 8.85. The second-order valence-electron chi connectivity index (χ2n) is 8.45. The third-order valence-corrected chi connectivity index (χ3v) is 6.77. The van der Waals surface area contributed by atoms with Crippen LogP contribution in [0.1, 0.15) is 50.2 Å². The highest BCUT2D eigenvalue weighted by atomic mass is 16.6. The van der Waals surface area contributed by atoms with Crippen molar-refractivity contribution < 1.29 is 14.6 Å². The number of rotatable bonds is 4. The standard InChI is InChI=1S/C23H32N2O3/c1-2-3-16-28-22(27)25-13-9-20(21(26)17-25)24-14-11-23(12-15-24)10-8-18-6-4-5-7-19(18)23/h4-8,10,20-21,26H,2-3,9,11-17H2,1H3. The number of nitrogens with zero attached hydrogens (tertiary/aromatic N) is 2. The summed E-state index contributed by atoms with van der Waals surface area (Å²) in [4.78, 5) is 16.3. The van der Waals surface area contributed by atoms with Gasteiger partial charge in [-0.15, -0.1) is 0 Å². The lowest BCUT2D eigenvalue weighted by Gasteiger charge is -2.46. The number of hydrogen-bond acceptors (Lipinski definition) is 4. The molecule has 1 N–H and O–H groups in total. The summed E-state index contributed by atoms with van der Waals surface area (Å²) in [6.45, 7) is 5.56. The van der Waals surface area contributed by atoms with Gasteiger partial charge in [-0.1, -0.05) is 49.8 Å². The third-order valence-electron chi connectivity index (χ3n) is 6.77. The van der Waals surface area contributed by atoms with Crippen LogP contribution in [0.5, 0.6) is 0 Å². The van der Waals surface area contributed by atoms with Crippen LogP contribution in [-0.2, 0) is 10.2 Å². The van der Waals surface area contributed by atoms with Crippen molar-refractivity contribution in [3.63, 3.8) is 0 Å². The minimum absolute atomic E-state index is 0.137. The molecular formula is C23H32N2O3. The largest absolute Gasteiger partial charge is 0.449 e. The third kappa shape index (κ3) is 3.70. The van der Waals surface area contributed by atoms with Crippen LogP contribution >= 0.6 is 0 Å². The molecule has 2 aliphatic heterocycles. The number of allylic oxidation sites excluding steroid dienone is 1. The molecule has 2 unspecified atom stereocenters. The van der Waals surface area contributed by atoms with E-state index >= 15 is 0 Å². The first kappa shape index (κ1) is 19.5. The van der Waals surface area contributed by atoms with Gasteiger partial charge in [0.2, 0.25) is 0 Å². The van der Waals surface area contributed by atoms with Crippen molar-refractivity contribution in [2.75, 3.05) is 32.8 Å². The van der Waals surface area contributed by atoms with Crippen LogP contribution in [0, 0.1) is 0 Å². The molecule has 4 rings (SSSR count). The summed E-state index contributed by atoms with van der Waals surface area (Å²) >= 11 is 0. The van der Waals surface area contributed by atoms with E-state index in [2.05, 4.69) is 48.2 Å². The molecule has 0 radical (unpaired) electrons. The highest BCUT2D eigenvalue weighted by molar-refractivity contribution is 5.68. The molecule has 0 saturated carbocycles. The maximum absolute atomic E-state index is 12.2. The molecule has 28 heavy (non-hydrogen) atoms. The lowest BCUT2D eigenvalue weighted by Crippen LogP contribution is -2.57. The van der Waals surface area contributed by atoms with E-state index in [-0.39, 0.29) is 17.6 Å². The van der Waals surface area contributed by atoms with Gasteiger partial charge in [0.15, 0.2) is 0 Å². The Morgan fingerprint density at radius 2 is 2.04 bits per heavy atom. The molecule has 1 amide bonds. The summed E-state index contributed by atoms with van der Waals surface area (Å²) in [7, 11) is 0. The summed E-state index contributed by atoms with van der Waals surface area (Å²) in [5, 5.41) is 10.7. The van der Waals surface area contributed by atoms with E-state index in [9.17, 15) is 9.90 Å². The molecule has 1 aromatic rings. The number of amides is 1. The number of ether oxygens (including phenoxy) is 1. The van der Waals surface area contributed by atoms with E-state index in [1.54, 1.807) is 4.90 Å². The van der Waals surface area contributed by atoms with Gasteiger partial charge in [0.1, 0.15) is 0 Å². The number of unbranched alkanes of at least 4 members (excludes halogenated alkanes) is 1. The highest BCUT2D eigenvalue weighted by Gasteiger charge is 2.41. The molecule has 0 aromatic heterocycles. The van der Waals surface area contributed by atoms with E-state index < -0.39 is 6.10 Å². The van der Waals surface area contributed by atoms with Crippen molar-refractivity contribution in [1.29, 1.82) is 0 Å². The smallest absolute Gasteiger partial charge is 0.409 e. The number of hydrogen-bond donors (Lipinski definition) is 1. The highest BCUT2D eigenvalue weighted by Crippen LogP contribution is 2.44. The van der Waals surface area contributed by atoms with Crippen molar-refractivity contribution >= 4 is 12.2 Å². The average molecular weight is 385 g/mol. The normalized spacial score (nSPS) is 26.4. The van der Waals surface area contributed by atoms with E-state index in [1.165, 1.54) is 11.1 Å². The number of fused-ring (bicyclic) bond motifs is 2. The number of piperidine rings is 2. The van der Waals surface area contributed by atoms with Crippen molar-refractivity contribution in [2.45, 2.75) is 56.6 Å². The maximum atomic E-state index is 12.2. The molecule has 2 fully saturated rings. The number of aliphatic hydroxyl groups is 1. The maximum Gasteiger partial charge on any atom is 0.409 e. The number of β-amino-alcohol motifs (C(OH)–C–C–N with tert-alkyl or cyclic N) is 1. The lowest BCUT2D eigenvalue weighted by atomic mass is 9.74. The molecule has 2 atom stereocenters. The minimum Gasteiger partial charge on any atom is -0.449 e. The van der Waals surface area contributed by atoms with Crippen molar-refractivity contribution in [3.05, 3.63) is 41.5 Å². The van der Waals surface area contributed by atoms with Gasteiger partial charge >= 0.3 is 6.09 Å². The summed E-state index contributed by atoms with van der Waals surface area (Å²) in [5.41, 5.74) is 2.98. The van der Waals surface area contributed by atoms with Gasteiger partial charge in [0.25, 0.3) is 0 Å². The molecule has 5 nitrogen and oxygen atoms in total. The molecule has 3 aliphatic rings. The zero-order valence-corrected chi connectivity index (χ0v) is 16.8. The van der Waals surface area contributed by atoms with E-state index in [0.717, 1.165) is 45.2 Å². The van der Waals surface area contributed by atoms with Gasteiger partial charge < -0.3 is 14.7 Å². The zero-order valence-electron chi connectivity index (χ0n) is 16.8. The Hall–Kier alpha value is -1.85. The minimum atomic E-state index is -0.507. The van der Waals surface area contributed by atoms with Crippen LogP contribution in [0.25, 0.3) is 6.08 Å². The predicted octanol–water partition coefficient (Wildman–Crippen LogP) is 3.42. The molecule has 2 saturated heterocycles. The van der Waals surface area contributed by atoms with Gasteiger partial charge in [-0.25, -0.2) is 4.79 Å². The second-order valence-corrected chi connectivity index (χ2v) is 8.45. The fraction of sp³-hybridized carbons (Fsp3) is 0.609. The first-order chi connectivity index (χ1) is 13.6. The van der Waals surface area contributed by atoms with Gasteiger partial charge in [0, 0.05) is 18.0 Å². The Morgan fingerprint density at radius 3 is 2.79 bits per heavy atom. The van der Waals surface area contributed by atoms with Gasteiger partial charge in [0.05, 0.1) is 19.3 Å². The Bertz CT molecular complexity index is 724. The molecule has 2 heterocycles. The summed E-state index contributed by atoms with van der Waals surface area (Å²) in [5.74, 6) is 0. The summed E-state index contributed by atoms with van der Waals surface area (Å²) in [6.07, 6.45) is 8.75. The average Bonchev–Trinajstić information content (AvgIpc) is 3.07. The number of carbonyl (C=O) groups excluding carboxylic acids is 1. The first-order valence-corrected chi connectivity index (χ1v) is 10.8. The summed E-state index contributed by atoms with van der Waals surface area (Å²) < 4.78 is 5.30. The SMILES string of the molecule is CCCCOC(=O)N1CCC(N2CCC3(C=Cc4ccccc43)CC2)C(O)C1. The Morgan fingerprint density at radius 1 is 1.25 bits per heavy atom. The molecular weight excluding hydrogens is 352 g/mol. The Balaban J connectivity index is 1.31. The van der Waals surface area contributed by atoms with E-state index in [0.29, 0.717) is 19.7 Å².